The Hall–Kier alpha value is -1.46. The average molecular weight is 262 g/mol. The molecule has 0 aromatic heterocycles. The maximum absolute atomic E-state index is 7.56. The van der Waals surface area contributed by atoms with Crippen LogP contribution >= 0.6 is 24.0 Å². The third kappa shape index (κ3) is 3.96. The molecule has 0 radical (unpaired) electrons. The summed E-state index contributed by atoms with van der Waals surface area (Å²) in [5.41, 5.74) is 11.1. The summed E-state index contributed by atoms with van der Waals surface area (Å²) in [6.45, 7) is 0. The first-order valence-electron chi connectivity index (χ1n) is 4.18. The summed E-state index contributed by atoms with van der Waals surface area (Å²) >= 11 is 5.74. The minimum Gasteiger partial charge on any atom is -0.370 e. The van der Waals surface area contributed by atoms with E-state index in [9.17, 15) is 0 Å². The second-order valence-electron chi connectivity index (χ2n) is 2.90. The molecule has 0 amide bonds. The van der Waals surface area contributed by atoms with Crippen molar-refractivity contribution in [3.8, 4) is 0 Å². The van der Waals surface area contributed by atoms with Gasteiger partial charge in [-0.25, -0.2) is 0 Å². The monoisotopic (exact) mass is 261 g/mol. The predicted octanol–water partition coefficient (Wildman–Crippen LogP) is 1.41. The van der Waals surface area contributed by atoms with E-state index < -0.39 is 0 Å². The predicted molar refractivity (Wildman–Crippen MR) is 70.6 cm³/mol. The Morgan fingerprint density at radius 3 is 2.25 bits per heavy atom. The molecular weight excluding hydrogens is 249 g/mol. The van der Waals surface area contributed by atoms with Crippen molar-refractivity contribution in [1.82, 2.24) is 0 Å². The van der Waals surface area contributed by atoms with Gasteiger partial charge in [0.1, 0.15) is 0 Å². The Bertz CT molecular complexity index is 383. The van der Waals surface area contributed by atoms with Gasteiger partial charge in [-0.2, -0.15) is 4.99 Å². The van der Waals surface area contributed by atoms with Crippen molar-refractivity contribution in [1.29, 1.82) is 5.41 Å². The molecule has 88 valence electrons. The number of benzene rings is 1. The number of rotatable bonds is 1. The molecule has 1 rings (SSSR count). The van der Waals surface area contributed by atoms with Crippen molar-refractivity contribution in [3.63, 3.8) is 0 Å². The molecule has 0 saturated carbocycles. The van der Waals surface area contributed by atoms with E-state index in [1.807, 2.05) is 0 Å². The Balaban J connectivity index is 0.00000225. The van der Waals surface area contributed by atoms with Crippen LogP contribution in [0.15, 0.2) is 29.3 Å². The van der Waals surface area contributed by atoms with Crippen molar-refractivity contribution in [2.45, 2.75) is 0 Å². The second kappa shape index (κ2) is 6.19. The zero-order valence-corrected chi connectivity index (χ0v) is 10.2. The van der Waals surface area contributed by atoms with Gasteiger partial charge in [0.2, 0.25) is 5.96 Å². The molecule has 0 aliphatic carbocycles. The fraction of sp³-hybridized carbons (Fsp3) is 0.111. The summed E-state index contributed by atoms with van der Waals surface area (Å²) < 4.78 is 0. The first-order valence-corrected chi connectivity index (χ1v) is 4.56. The van der Waals surface area contributed by atoms with Crippen LogP contribution in [0.25, 0.3) is 0 Å². The van der Waals surface area contributed by atoms with E-state index in [4.69, 9.17) is 28.5 Å². The third-order valence-electron chi connectivity index (χ3n) is 1.77. The lowest BCUT2D eigenvalue weighted by atomic mass is 10.3. The lowest BCUT2D eigenvalue weighted by Crippen LogP contribution is -2.30. The van der Waals surface area contributed by atoms with Crippen LogP contribution < -0.4 is 16.4 Å². The van der Waals surface area contributed by atoms with Gasteiger partial charge in [0.25, 0.3) is 0 Å². The van der Waals surface area contributed by atoms with Crippen molar-refractivity contribution >= 4 is 41.6 Å². The van der Waals surface area contributed by atoms with Crippen molar-refractivity contribution < 1.29 is 0 Å². The number of nitrogens with zero attached hydrogens (tertiary/aromatic N) is 2. The largest absolute Gasteiger partial charge is 0.370 e. The number of halogens is 2. The zero-order chi connectivity index (χ0) is 11.4. The highest BCUT2D eigenvalue weighted by Crippen LogP contribution is 2.16. The molecule has 0 atom stereocenters. The normalized spacial score (nSPS) is 8.88. The number of nitrogens with two attached hydrogens (primary N) is 2. The van der Waals surface area contributed by atoms with Gasteiger partial charge in [-0.15, -0.1) is 12.4 Å². The first-order chi connectivity index (χ1) is 7.00. The molecule has 5 nitrogen and oxygen atoms in total. The Labute approximate surface area is 105 Å². The van der Waals surface area contributed by atoms with Crippen LogP contribution in [-0.4, -0.2) is 19.0 Å². The molecule has 0 spiro atoms. The summed E-state index contributed by atoms with van der Waals surface area (Å²) in [5.74, 6) is -0.168. The second-order valence-corrected chi connectivity index (χ2v) is 3.33. The standard InChI is InChI=1S/C9H12ClN5.ClH/c1-15(9(13)14-8(11)12)7-4-2-6(10)3-5-7;/h2-5H,1H3,(H5,11,12,13,14);1H. The van der Waals surface area contributed by atoms with Crippen LogP contribution in [0.4, 0.5) is 5.69 Å². The SMILES string of the molecule is CN(C(=N)N=C(N)N)c1ccc(Cl)cc1.Cl. The Morgan fingerprint density at radius 1 is 1.31 bits per heavy atom. The van der Waals surface area contributed by atoms with E-state index in [2.05, 4.69) is 4.99 Å². The first kappa shape index (κ1) is 14.5. The molecule has 0 heterocycles. The topological polar surface area (TPSA) is 91.5 Å². The summed E-state index contributed by atoms with van der Waals surface area (Å²) in [7, 11) is 1.69. The van der Waals surface area contributed by atoms with Gasteiger partial charge >= 0.3 is 0 Å². The molecule has 0 bridgehead atoms. The number of anilines is 1. The van der Waals surface area contributed by atoms with E-state index in [0.29, 0.717) is 5.02 Å². The summed E-state index contributed by atoms with van der Waals surface area (Å²) in [4.78, 5) is 5.16. The highest BCUT2D eigenvalue weighted by molar-refractivity contribution is 6.30. The minimum absolute atomic E-state index is 0. The Morgan fingerprint density at radius 2 is 1.81 bits per heavy atom. The molecule has 0 saturated heterocycles. The Kier molecular flexibility index (Phi) is 5.63. The van der Waals surface area contributed by atoms with Crippen LogP contribution in [0, 0.1) is 5.41 Å². The van der Waals surface area contributed by atoms with Gasteiger partial charge in [0.05, 0.1) is 0 Å². The number of nitrogens with one attached hydrogen (secondary N) is 1. The van der Waals surface area contributed by atoms with E-state index in [1.165, 1.54) is 4.90 Å². The van der Waals surface area contributed by atoms with Gasteiger partial charge in [-0.3, -0.25) is 5.41 Å². The molecule has 16 heavy (non-hydrogen) atoms. The van der Waals surface area contributed by atoms with E-state index in [0.717, 1.165) is 5.69 Å². The molecule has 0 unspecified atom stereocenters. The van der Waals surface area contributed by atoms with Gasteiger partial charge in [0, 0.05) is 17.8 Å². The quantitative estimate of drug-likeness (QED) is 0.527. The number of guanidine groups is 2. The number of hydrogen-bond acceptors (Lipinski definition) is 1. The summed E-state index contributed by atoms with van der Waals surface area (Å²) in [6, 6.07) is 7.02. The molecular formula is C9H13Cl2N5. The fourth-order valence-electron chi connectivity index (χ4n) is 0.984. The maximum atomic E-state index is 7.56. The maximum Gasteiger partial charge on any atom is 0.225 e. The van der Waals surface area contributed by atoms with Crippen LogP contribution in [-0.2, 0) is 0 Å². The molecule has 7 heteroatoms. The van der Waals surface area contributed by atoms with E-state index >= 15 is 0 Å². The van der Waals surface area contributed by atoms with Gasteiger partial charge < -0.3 is 16.4 Å². The van der Waals surface area contributed by atoms with Crippen molar-refractivity contribution in [3.05, 3.63) is 29.3 Å². The fourth-order valence-corrected chi connectivity index (χ4v) is 1.11. The molecule has 0 aliphatic rings. The lowest BCUT2D eigenvalue weighted by Gasteiger charge is -2.16. The molecule has 0 aliphatic heterocycles. The average Bonchev–Trinajstić information content (AvgIpc) is 2.17. The van der Waals surface area contributed by atoms with Crippen LogP contribution in [0.1, 0.15) is 0 Å². The van der Waals surface area contributed by atoms with Gasteiger partial charge in [-0.1, -0.05) is 11.6 Å². The van der Waals surface area contributed by atoms with Gasteiger partial charge in [0.15, 0.2) is 5.96 Å². The van der Waals surface area contributed by atoms with Crippen LogP contribution in [0.5, 0.6) is 0 Å². The minimum atomic E-state index is -0.138. The zero-order valence-electron chi connectivity index (χ0n) is 8.64. The molecule has 0 fully saturated rings. The number of aliphatic imine (C=N–C) groups is 1. The molecule has 1 aromatic carbocycles. The van der Waals surface area contributed by atoms with E-state index in [-0.39, 0.29) is 24.3 Å². The highest BCUT2D eigenvalue weighted by Gasteiger charge is 2.05. The van der Waals surface area contributed by atoms with Crippen molar-refractivity contribution in [2.75, 3.05) is 11.9 Å². The van der Waals surface area contributed by atoms with Gasteiger partial charge in [-0.05, 0) is 24.3 Å². The van der Waals surface area contributed by atoms with Crippen LogP contribution in [0.3, 0.4) is 0 Å². The van der Waals surface area contributed by atoms with Crippen molar-refractivity contribution in [2.24, 2.45) is 16.5 Å². The molecule has 1 aromatic rings. The highest BCUT2D eigenvalue weighted by atomic mass is 35.5. The summed E-state index contributed by atoms with van der Waals surface area (Å²) in [6.07, 6.45) is 0. The number of hydrogen-bond donors (Lipinski definition) is 3. The third-order valence-corrected chi connectivity index (χ3v) is 2.02. The summed E-state index contributed by atoms with van der Waals surface area (Å²) in [5, 5.41) is 8.20. The lowest BCUT2D eigenvalue weighted by molar-refractivity contribution is 1.19. The van der Waals surface area contributed by atoms with Crippen LogP contribution in [0.2, 0.25) is 5.02 Å². The molecule has 5 N–H and O–H groups in total. The van der Waals surface area contributed by atoms with E-state index in [1.54, 1.807) is 31.3 Å². The smallest absolute Gasteiger partial charge is 0.225 e.